The van der Waals surface area contributed by atoms with Gasteiger partial charge in [-0.05, 0) is 40.5 Å². The van der Waals surface area contributed by atoms with E-state index in [0.29, 0.717) is 12.7 Å². The summed E-state index contributed by atoms with van der Waals surface area (Å²) in [7, 11) is -1.93. The van der Waals surface area contributed by atoms with Crippen LogP contribution < -0.4 is 0 Å². The predicted molar refractivity (Wildman–Crippen MR) is 67.6 cm³/mol. The van der Waals surface area contributed by atoms with E-state index in [1.165, 1.54) is 32.1 Å². The van der Waals surface area contributed by atoms with Crippen molar-refractivity contribution in [1.29, 1.82) is 0 Å². The molecule has 0 N–H and O–H groups in total. The predicted octanol–water partition coefficient (Wildman–Crippen LogP) is 2.90. The lowest BCUT2D eigenvalue weighted by Crippen LogP contribution is -2.39. The van der Waals surface area contributed by atoms with Crippen molar-refractivity contribution in [3.63, 3.8) is 0 Å². The molecule has 1 rings (SSSR count). The summed E-state index contributed by atoms with van der Waals surface area (Å²) in [4.78, 5) is 0. The van der Waals surface area contributed by atoms with E-state index in [9.17, 15) is 0 Å². The molecule has 1 saturated carbocycles. The van der Waals surface area contributed by atoms with Crippen molar-refractivity contribution in [2.24, 2.45) is 0 Å². The van der Waals surface area contributed by atoms with Crippen LogP contribution in [-0.2, 0) is 13.3 Å². The van der Waals surface area contributed by atoms with Gasteiger partial charge in [-0.25, -0.2) is 0 Å². The first kappa shape index (κ1) is 14.2. The van der Waals surface area contributed by atoms with Gasteiger partial charge in [0, 0.05) is 12.7 Å². The summed E-state index contributed by atoms with van der Waals surface area (Å²) in [5.41, 5.74) is -0.166. The highest BCUT2D eigenvalue weighted by molar-refractivity contribution is 6.36. The Kier molecular flexibility index (Phi) is 5.96. The van der Waals surface area contributed by atoms with Crippen molar-refractivity contribution in [1.82, 2.24) is 0 Å². The third-order valence-corrected chi connectivity index (χ3v) is 4.72. The molecule has 0 aromatic heterocycles. The van der Waals surface area contributed by atoms with E-state index in [1.54, 1.807) is 0 Å². The Bertz CT molecular complexity index is 185. The Balaban J connectivity index is 2.36. The fourth-order valence-corrected chi connectivity index (χ4v) is 3.52. The van der Waals surface area contributed by atoms with Crippen LogP contribution in [0.15, 0.2) is 0 Å². The average Bonchev–Trinajstić information content (AvgIpc) is 2.17. The zero-order valence-corrected chi connectivity index (χ0v) is 12.3. The zero-order chi connectivity index (χ0) is 12.0. The van der Waals surface area contributed by atoms with Crippen molar-refractivity contribution in [2.75, 3.05) is 6.61 Å². The van der Waals surface area contributed by atoms with Crippen LogP contribution >= 0.6 is 0 Å². The van der Waals surface area contributed by atoms with Crippen LogP contribution in [0.25, 0.3) is 0 Å². The van der Waals surface area contributed by atoms with Gasteiger partial charge in [0.15, 0.2) is 0 Å². The standard InChI is InChI=1S/C12H26O3Si/c1-5-13-16(15-12(2,3)4)14-11-9-7-6-8-10-11/h11,16H,5-10H2,1-4H3. The van der Waals surface area contributed by atoms with Crippen LogP contribution in [-0.4, -0.2) is 27.8 Å². The number of hydrogen-bond acceptors (Lipinski definition) is 3. The van der Waals surface area contributed by atoms with Gasteiger partial charge in [0.05, 0.1) is 5.60 Å². The Hall–Kier alpha value is 0.0969. The van der Waals surface area contributed by atoms with Crippen molar-refractivity contribution in [2.45, 2.75) is 71.5 Å². The summed E-state index contributed by atoms with van der Waals surface area (Å²) in [5.74, 6) is 0. The molecule has 1 aliphatic rings. The van der Waals surface area contributed by atoms with Crippen molar-refractivity contribution in [3.05, 3.63) is 0 Å². The Labute approximate surface area is 101 Å². The molecule has 0 bridgehead atoms. The smallest absolute Gasteiger partial charge is 0.376 e. The Morgan fingerprint density at radius 1 is 1.12 bits per heavy atom. The summed E-state index contributed by atoms with van der Waals surface area (Å²) >= 11 is 0. The summed E-state index contributed by atoms with van der Waals surface area (Å²) in [6.07, 6.45) is 6.63. The molecule has 0 spiro atoms. The Morgan fingerprint density at radius 2 is 1.75 bits per heavy atom. The minimum atomic E-state index is -1.93. The van der Waals surface area contributed by atoms with E-state index >= 15 is 0 Å². The van der Waals surface area contributed by atoms with Crippen molar-refractivity contribution >= 4 is 9.53 Å². The number of rotatable bonds is 5. The molecule has 3 nitrogen and oxygen atoms in total. The monoisotopic (exact) mass is 246 g/mol. The van der Waals surface area contributed by atoms with Crippen LogP contribution in [0.5, 0.6) is 0 Å². The van der Waals surface area contributed by atoms with Crippen LogP contribution in [0.1, 0.15) is 59.8 Å². The minimum Gasteiger partial charge on any atom is -0.376 e. The molecule has 0 aromatic rings. The molecule has 1 fully saturated rings. The fraction of sp³-hybridized carbons (Fsp3) is 1.00. The second-order valence-electron chi connectivity index (χ2n) is 5.37. The lowest BCUT2D eigenvalue weighted by Gasteiger charge is -2.30. The van der Waals surface area contributed by atoms with Gasteiger partial charge >= 0.3 is 9.53 Å². The molecular formula is C12H26O3Si. The van der Waals surface area contributed by atoms with E-state index in [0.717, 1.165) is 0 Å². The normalized spacial score (nSPS) is 21.0. The minimum absolute atomic E-state index is 0.166. The molecule has 1 atom stereocenters. The maximum Gasteiger partial charge on any atom is 0.484 e. The molecule has 16 heavy (non-hydrogen) atoms. The molecular weight excluding hydrogens is 220 g/mol. The highest BCUT2D eigenvalue weighted by Gasteiger charge is 2.27. The van der Waals surface area contributed by atoms with Gasteiger partial charge in [0.1, 0.15) is 0 Å². The second kappa shape index (κ2) is 6.74. The van der Waals surface area contributed by atoms with Gasteiger partial charge in [0.25, 0.3) is 0 Å². The lowest BCUT2D eigenvalue weighted by atomic mass is 9.98. The fourth-order valence-electron chi connectivity index (χ4n) is 1.88. The van der Waals surface area contributed by atoms with Gasteiger partial charge in [-0.1, -0.05) is 19.3 Å². The van der Waals surface area contributed by atoms with Crippen LogP contribution in [0.3, 0.4) is 0 Å². The summed E-state index contributed by atoms with van der Waals surface area (Å²) < 4.78 is 17.5. The van der Waals surface area contributed by atoms with Crippen molar-refractivity contribution < 1.29 is 13.3 Å². The quantitative estimate of drug-likeness (QED) is 0.698. The zero-order valence-electron chi connectivity index (χ0n) is 11.1. The first-order valence-electron chi connectivity index (χ1n) is 6.46. The van der Waals surface area contributed by atoms with E-state index in [1.807, 2.05) is 6.92 Å². The van der Waals surface area contributed by atoms with Gasteiger partial charge in [-0.15, -0.1) is 0 Å². The van der Waals surface area contributed by atoms with Crippen molar-refractivity contribution in [3.8, 4) is 0 Å². The highest BCUT2D eigenvalue weighted by Crippen LogP contribution is 2.22. The first-order chi connectivity index (χ1) is 7.51. The third kappa shape index (κ3) is 5.99. The second-order valence-corrected chi connectivity index (χ2v) is 6.79. The maximum absolute atomic E-state index is 6.00. The molecule has 1 unspecified atom stereocenters. The molecule has 0 heterocycles. The lowest BCUT2D eigenvalue weighted by molar-refractivity contribution is -0.00370. The molecule has 96 valence electrons. The van der Waals surface area contributed by atoms with E-state index in [-0.39, 0.29) is 5.60 Å². The van der Waals surface area contributed by atoms with E-state index < -0.39 is 9.53 Å². The van der Waals surface area contributed by atoms with Gasteiger partial charge < -0.3 is 13.3 Å². The molecule has 0 aliphatic heterocycles. The molecule has 4 heteroatoms. The molecule has 0 aromatic carbocycles. The summed E-state index contributed by atoms with van der Waals surface area (Å²) in [6.45, 7) is 8.83. The van der Waals surface area contributed by atoms with Crippen LogP contribution in [0.2, 0.25) is 0 Å². The van der Waals surface area contributed by atoms with Gasteiger partial charge in [-0.2, -0.15) is 0 Å². The van der Waals surface area contributed by atoms with E-state index in [2.05, 4.69) is 20.8 Å². The topological polar surface area (TPSA) is 27.7 Å². The third-order valence-electron chi connectivity index (χ3n) is 2.61. The van der Waals surface area contributed by atoms with Crippen LogP contribution in [0.4, 0.5) is 0 Å². The summed E-state index contributed by atoms with van der Waals surface area (Å²) in [5, 5.41) is 0. The largest absolute Gasteiger partial charge is 0.484 e. The maximum atomic E-state index is 6.00. The molecule has 0 amide bonds. The van der Waals surface area contributed by atoms with Crippen LogP contribution in [0, 0.1) is 0 Å². The summed E-state index contributed by atoms with van der Waals surface area (Å²) in [6, 6.07) is 0. The Morgan fingerprint density at radius 3 is 2.25 bits per heavy atom. The van der Waals surface area contributed by atoms with Gasteiger partial charge in [0.2, 0.25) is 0 Å². The number of hydrogen-bond donors (Lipinski definition) is 0. The van der Waals surface area contributed by atoms with Gasteiger partial charge in [-0.3, -0.25) is 0 Å². The van der Waals surface area contributed by atoms with E-state index in [4.69, 9.17) is 13.3 Å². The molecule has 1 aliphatic carbocycles. The highest BCUT2D eigenvalue weighted by atomic mass is 28.3. The average molecular weight is 246 g/mol. The first-order valence-corrected chi connectivity index (χ1v) is 7.87. The molecule has 0 radical (unpaired) electrons. The molecule has 0 saturated heterocycles. The SMILES string of the molecule is CCO[SiH](OC1CCCCC1)OC(C)(C)C.